The minimum atomic E-state index is 0.188. The zero-order valence-electron chi connectivity index (χ0n) is 4.02. The highest BCUT2D eigenvalue weighted by molar-refractivity contribution is 4.37. The zero-order valence-corrected chi connectivity index (χ0v) is 4.02. The standard InChI is InChI=1S/C4H9N2/c1-2-6-4-3-5/h2-4H2,1H3/q+1. The van der Waals surface area contributed by atoms with Crippen LogP contribution in [0.1, 0.15) is 6.92 Å². The van der Waals surface area contributed by atoms with Gasteiger partial charge in [0.2, 0.25) is 0 Å². The molecule has 0 rings (SSSR count). The summed E-state index contributed by atoms with van der Waals surface area (Å²) in [6.07, 6.45) is 0. The van der Waals surface area contributed by atoms with Crippen LogP contribution in [-0.4, -0.2) is 19.6 Å². The molecule has 0 aromatic carbocycles. The van der Waals surface area contributed by atoms with E-state index in [2.05, 4.69) is 5.32 Å². The second kappa shape index (κ2) is 4.92. The molecule has 0 saturated carbocycles. The highest BCUT2D eigenvalue weighted by Crippen LogP contribution is 1.55. The normalized spacial score (nSPS) is 9.00. The molecular weight excluding hydrogens is 76.1 g/mol. The van der Waals surface area contributed by atoms with Crippen LogP contribution >= 0.6 is 0 Å². The molecule has 0 amide bonds. The third-order valence-corrected chi connectivity index (χ3v) is 0.482. The van der Waals surface area contributed by atoms with Crippen molar-refractivity contribution in [2.24, 2.45) is 0 Å². The lowest BCUT2D eigenvalue weighted by Crippen LogP contribution is -2.09. The van der Waals surface area contributed by atoms with Gasteiger partial charge >= 0.3 is 0 Å². The number of hydrogen-bond donors (Lipinski definition) is 0. The van der Waals surface area contributed by atoms with E-state index >= 15 is 0 Å². The molecule has 0 aromatic rings. The molecule has 2 heteroatoms. The zero-order chi connectivity index (χ0) is 4.83. The van der Waals surface area contributed by atoms with Crippen molar-refractivity contribution in [3.63, 3.8) is 0 Å². The van der Waals surface area contributed by atoms with Crippen molar-refractivity contribution in [1.29, 1.82) is 0 Å². The molecule has 0 aliphatic heterocycles. The maximum Gasteiger partial charge on any atom is 0.199 e. The molecule has 0 saturated heterocycles. The first kappa shape index (κ1) is 5.92. The van der Waals surface area contributed by atoms with Crippen LogP contribution in [0.5, 0.6) is 0 Å². The molecule has 0 N–H and O–H groups in total. The molecule has 0 fully saturated rings. The van der Waals surface area contributed by atoms with Gasteiger partial charge in [-0.25, -0.2) is 0 Å². The monoisotopic (exact) mass is 85.1 g/mol. The van der Waals surface area contributed by atoms with Crippen molar-refractivity contribution in [2.45, 2.75) is 6.92 Å². The predicted molar refractivity (Wildman–Crippen MR) is 24.5 cm³/mol. The molecule has 4 radical (unpaired) electrons. The van der Waals surface area contributed by atoms with Gasteiger partial charge in [-0.3, -0.25) is 0 Å². The largest absolute Gasteiger partial charge is 0.199 e. The molecule has 0 unspecified atom stereocenters. The average molecular weight is 85.1 g/mol. The Kier molecular flexibility index (Phi) is 4.85. The number of nitrogens with zero attached hydrogens (tertiary/aromatic N) is 2. The summed E-state index contributed by atoms with van der Waals surface area (Å²) in [6.45, 7) is 3.56. The van der Waals surface area contributed by atoms with Gasteiger partial charge in [0, 0.05) is 0 Å². The van der Waals surface area contributed by atoms with Crippen LogP contribution in [0.3, 0.4) is 0 Å². The molecule has 0 heterocycles. The van der Waals surface area contributed by atoms with E-state index in [1.165, 1.54) is 0 Å². The first-order valence-electron chi connectivity index (χ1n) is 2.16. The van der Waals surface area contributed by atoms with Gasteiger partial charge in [0.05, 0.1) is 11.9 Å². The first-order chi connectivity index (χ1) is 2.91. The molecule has 2 nitrogen and oxygen atoms in total. The first-order valence-corrected chi connectivity index (χ1v) is 2.16. The van der Waals surface area contributed by atoms with Crippen LogP contribution in [0.2, 0.25) is 0 Å². The minimum absolute atomic E-state index is 0.188. The quantitative estimate of drug-likeness (QED) is 0.421. The van der Waals surface area contributed by atoms with Gasteiger partial charge in [-0.2, -0.15) is 0 Å². The van der Waals surface area contributed by atoms with Gasteiger partial charge in [-0.15, -0.1) is 5.73 Å². The van der Waals surface area contributed by atoms with Gasteiger partial charge < -0.3 is 0 Å². The molecule has 0 aliphatic carbocycles. The third kappa shape index (κ3) is 3.92. The Labute approximate surface area is 38.7 Å². The Hall–Kier alpha value is -0.0800. The van der Waals surface area contributed by atoms with E-state index in [-0.39, 0.29) is 6.54 Å². The summed E-state index contributed by atoms with van der Waals surface area (Å²) in [5.74, 6) is 0. The second-order valence-electron chi connectivity index (χ2n) is 0.987. The fourth-order valence-corrected chi connectivity index (χ4v) is 0.229. The third-order valence-electron chi connectivity index (χ3n) is 0.482. The SMILES string of the molecule is CC[N+]CC[N]. The molecule has 34 valence electrons. The molecule has 0 spiro atoms. The van der Waals surface area contributed by atoms with E-state index < -0.39 is 0 Å². The van der Waals surface area contributed by atoms with Gasteiger partial charge in [-0.05, 0) is 6.92 Å². The fourth-order valence-electron chi connectivity index (χ4n) is 0.229. The summed E-state index contributed by atoms with van der Waals surface area (Å²) in [6, 6.07) is 0. The van der Waals surface area contributed by atoms with E-state index in [9.17, 15) is 0 Å². The van der Waals surface area contributed by atoms with Gasteiger partial charge in [0.15, 0.2) is 13.1 Å². The average Bonchev–Trinajstić information content (AvgIpc) is 1.61. The van der Waals surface area contributed by atoms with Gasteiger partial charge in [0.25, 0.3) is 0 Å². The summed E-state index contributed by atoms with van der Waals surface area (Å²) in [5, 5.41) is 3.84. The second-order valence-corrected chi connectivity index (χ2v) is 0.987. The van der Waals surface area contributed by atoms with Gasteiger partial charge in [-0.1, -0.05) is 0 Å². The molecular formula is C4H9N2+. The number of hydrogen-bond acceptors (Lipinski definition) is 0. The lowest BCUT2D eigenvalue weighted by molar-refractivity contribution is 0.703. The Morgan fingerprint density at radius 2 is 2.33 bits per heavy atom. The van der Waals surface area contributed by atoms with Crippen LogP contribution < -0.4 is 11.1 Å². The summed E-state index contributed by atoms with van der Waals surface area (Å²) in [7, 11) is 0. The molecule has 6 heavy (non-hydrogen) atoms. The predicted octanol–water partition coefficient (Wildman–Crippen LogP) is -0.321. The van der Waals surface area contributed by atoms with Crippen molar-refractivity contribution >= 4 is 0 Å². The summed E-state index contributed by atoms with van der Waals surface area (Å²) < 4.78 is 0. The maximum atomic E-state index is 8.10. The topological polar surface area (TPSA) is 36.4 Å². The smallest absolute Gasteiger partial charge is 0.138 e. The summed E-state index contributed by atoms with van der Waals surface area (Å²) in [5.41, 5.74) is 8.10. The highest BCUT2D eigenvalue weighted by Gasteiger charge is 1.92. The number of likely N-dealkylation sites (N-methyl/N-ethyl adjacent to an activating group) is 1. The fraction of sp³-hybridized carbons (Fsp3) is 1.00. The van der Waals surface area contributed by atoms with Crippen LogP contribution in [0.25, 0.3) is 0 Å². The van der Waals surface area contributed by atoms with E-state index in [1.54, 1.807) is 0 Å². The van der Waals surface area contributed by atoms with E-state index in [4.69, 9.17) is 5.73 Å². The van der Waals surface area contributed by atoms with Crippen LogP contribution in [0.4, 0.5) is 0 Å². The maximum absolute atomic E-state index is 8.10. The molecule has 0 aromatic heterocycles. The van der Waals surface area contributed by atoms with Crippen LogP contribution in [0, 0.1) is 0 Å². The Morgan fingerprint density at radius 3 is 2.50 bits per heavy atom. The van der Waals surface area contributed by atoms with Crippen molar-refractivity contribution < 1.29 is 0 Å². The van der Waals surface area contributed by atoms with Crippen molar-refractivity contribution in [1.82, 2.24) is 11.1 Å². The molecule has 0 bridgehead atoms. The van der Waals surface area contributed by atoms with E-state index in [0.717, 1.165) is 6.54 Å². The van der Waals surface area contributed by atoms with Crippen LogP contribution in [-0.2, 0) is 0 Å². The highest BCUT2D eigenvalue weighted by atomic mass is 14.9. The van der Waals surface area contributed by atoms with Crippen molar-refractivity contribution in [2.75, 3.05) is 19.6 Å². The summed E-state index contributed by atoms with van der Waals surface area (Å²) >= 11 is 0. The lowest BCUT2D eigenvalue weighted by Gasteiger charge is -1.70. The minimum Gasteiger partial charge on any atom is -0.138 e. The number of rotatable bonds is 3. The van der Waals surface area contributed by atoms with Gasteiger partial charge in [0.1, 0.15) is 0 Å². The Morgan fingerprint density at radius 1 is 1.67 bits per heavy atom. The summed E-state index contributed by atoms with van der Waals surface area (Å²) in [4.78, 5) is 0. The lowest BCUT2D eigenvalue weighted by atomic mass is 10.6. The van der Waals surface area contributed by atoms with Crippen molar-refractivity contribution in [3.05, 3.63) is 0 Å². The van der Waals surface area contributed by atoms with Crippen molar-refractivity contribution in [3.8, 4) is 0 Å². The van der Waals surface area contributed by atoms with Crippen LogP contribution in [0.15, 0.2) is 0 Å². The molecule has 0 atom stereocenters. The van der Waals surface area contributed by atoms with E-state index in [0.29, 0.717) is 6.54 Å². The Balaban J connectivity index is 2.34. The van der Waals surface area contributed by atoms with E-state index in [1.807, 2.05) is 6.92 Å². The Bertz CT molecular complexity index is 17.5. The molecule has 0 aliphatic rings.